The smallest absolute Gasteiger partial charge is 0.253 e. The highest BCUT2D eigenvalue weighted by atomic mass is 32.1. The summed E-state index contributed by atoms with van der Waals surface area (Å²) < 4.78 is 0. The van der Waals surface area contributed by atoms with Crippen molar-refractivity contribution in [2.75, 3.05) is 38.1 Å². The zero-order valence-corrected chi connectivity index (χ0v) is 19.2. The van der Waals surface area contributed by atoms with E-state index >= 15 is 0 Å². The molecule has 3 heterocycles. The predicted molar refractivity (Wildman–Crippen MR) is 129 cm³/mol. The van der Waals surface area contributed by atoms with Crippen LogP contribution in [0.1, 0.15) is 48.0 Å². The van der Waals surface area contributed by atoms with E-state index in [1.807, 2.05) is 41.5 Å². The van der Waals surface area contributed by atoms with Crippen molar-refractivity contribution in [3.8, 4) is 0 Å². The van der Waals surface area contributed by atoms with Gasteiger partial charge in [0.05, 0.1) is 5.00 Å². The second-order valence-electron chi connectivity index (χ2n) is 8.34. The van der Waals surface area contributed by atoms with Crippen molar-refractivity contribution >= 4 is 28.2 Å². The summed E-state index contributed by atoms with van der Waals surface area (Å²) in [5.74, 6) is 0.976. The van der Waals surface area contributed by atoms with Gasteiger partial charge in [0.15, 0.2) is 5.96 Å². The van der Waals surface area contributed by atoms with Crippen molar-refractivity contribution < 1.29 is 4.79 Å². The van der Waals surface area contributed by atoms with E-state index in [0.717, 1.165) is 68.9 Å². The Morgan fingerprint density at radius 3 is 2.61 bits per heavy atom. The first-order valence-electron chi connectivity index (χ1n) is 11.4. The van der Waals surface area contributed by atoms with Gasteiger partial charge in [-0.25, -0.2) is 0 Å². The number of nitrogens with zero attached hydrogens (tertiary/aromatic N) is 3. The minimum absolute atomic E-state index is 0.154. The predicted octanol–water partition coefficient (Wildman–Crippen LogP) is 3.71. The van der Waals surface area contributed by atoms with Gasteiger partial charge in [-0.15, -0.1) is 11.3 Å². The van der Waals surface area contributed by atoms with Gasteiger partial charge in [-0.1, -0.05) is 12.1 Å². The highest BCUT2D eigenvalue weighted by Crippen LogP contribution is 2.24. The number of likely N-dealkylation sites (tertiary alicyclic amines) is 1. The van der Waals surface area contributed by atoms with E-state index in [-0.39, 0.29) is 5.91 Å². The molecule has 2 fully saturated rings. The number of amides is 1. The zero-order chi connectivity index (χ0) is 21.5. The monoisotopic (exact) mass is 439 g/mol. The molecular weight excluding hydrogens is 406 g/mol. The number of carbonyl (C=O) groups excluding carboxylic acids is 1. The van der Waals surface area contributed by atoms with E-state index in [2.05, 4.69) is 44.1 Å². The van der Waals surface area contributed by atoms with Gasteiger partial charge in [-0.2, -0.15) is 0 Å². The Balaban J connectivity index is 1.26. The number of hydrogen-bond donors (Lipinski definition) is 2. The van der Waals surface area contributed by atoms with E-state index in [9.17, 15) is 4.79 Å². The summed E-state index contributed by atoms with van der Waals surface area (Å²) in [6.07, 6.45) is 5.65. The van der Waals surface area contributed by atoms with Crippen LogP contribution in [0.3, 0.4) is 0 Å². The molecule has 0 spiro atoms. The molecular formula is C24H33N5OS. The molecule has 31 heavy (non-hydrogen) atoms. The number of nitrogens with one attached hydrogen (secondary N) is 2. The second-order valence-corrected chi connectivity index (χ2v) is 9.26. The van der Waals surface area contributed by atoms with Gasteiger partial charge >= 0.3 is 0 Å². The van der Waals surface area contributed by atoms with Crippen molar-refractivity contribution in [3.63, 3.8) is 0 Å². The number of hydrogen-bond acceptors (Lipinski definition) is 4. The van der Waals surface area contributed by atoms with E-state index < -0.39 is 0 Å². The van der Waals surface area contributed by atoms with Crippen LogP contribution in [-0.2, 0) is 6.54 Å². The number of anilines is 1. The van der Waals surface area contributed by atoms with E-state index in [0.29, 0.717) is 12.6 Å². The molecule has 0 atom stereocenters. The molecule has 1 aromatic heterocycles. The number of aliphatic imine (C=N–C) groups is 1. The summed E-state index contributed by atoms with van der Waals surface area (Å²) in [6, 6.07) is 12.7. The highest BCUT2D eigenvalue weighted by molar-refractivity contribution is 7.14. The molecule has 2 aliphatic rings. The molecule has 7 heteroatoms. The quantitative estimate of drug-likeness (QED) is 0.551. The molecule has 0 bridgehead atoms. The van der Waals surface area contributed by atoms with Crippen LogP contribution in [0.15, 0.2) is 46.8 Å². The zero-order valence-electron chi connectivity index (χ0n) is 18.3. The molecule has 1 amide bonds. The Morgan fingerprint density at radius 2 is 1.90 bits per heavy atom. The molecule has 4 rings (SSSR count). The van der Waals surface area contributed by atoms with E-state index in [4.69, 9.17) is 0 Å². The van der Waals surface area contributed by atoms with Crippen molar-refractivity contribution in [2.45, 2.75) is 44.7 Å². The summed E-state index contributed by atoms with van der Waals surface area (Å²) >= 11 is 1.81. The standard InChI is InChI=1S/C24H33N5OS/c1-25-24(27-21-10-14-28(15-11-21)22-9-6-16-31-22)26-18-19-7-5-8-20(17-19)23(30)29-12-3-2-4-13-29/h5-9,16-17,21H,2-4,10-15,18H2,1H3,(H2,25,26,27). The normalized spacial score (nSPS) is 18.2. The Bertz CT molecular complexity index is 868. The van der Waals surface area contributed by atoms with Crippen LogP contribution < -0.4 is 15.5 Å². The Labute approximate surface area is 189 Å². The number of rotatable bonds is 5. The van der Waals surface area contributed by atoms with Crippen LogP contribution >= 0.6 is 11.3 Å². The molecule has 2 saturated heterocycles. The SMILES string of the molecule is CN=C(NCc1cccc(C(=O)N2CCCCC2)c1)NC1CCN(c2cccs2)CC1. The van der Waals surface area contributed by atoms with E-state index in [1.54, 1.807) is 0 Å². The number of thiophene rings is 1. The Hall–Kier alpha value is -2.54. The summed E-state index contributed by atoms with van der Waals surface area (Å²) in [6.45, 7) is 4.53. The molecule has 2 N–H and O–H groups in total. The maximum Gasteiger partial charge on any atom is 0.253 e. The van der Waals surface area contributed by atoms with Crippen molar-refractivity contribution in [1.82, 2.24) is 15.5 Å². The van der Waals surface area contributed by atoms with Gasteiger partial charge in [0.2, 0.25) is 0 Å². The average Bonchev–Trinajstić information content (AvgIpc) is 3.37. The third-order valence-corrected chi connectivity index (χ3v) is 7.08. The molecule has 1 aromatic carbocycles. The number of carbonyl (C=O) groups is 1. The largest absolute Gasteiger partial charge is 0.363 e. The van der Waals surface area contributed by atoms with E-state index in [1.165, 1.54) is 11.4 Å². The van der Waals surface area contributed by atoms with Crippen LogP contribution in [0, 0.1) is 0 Å². The first kappa shape index (κ1) is 21.7. The van der Waals surface area contributed by atoms with Crippen LogP contribution in [0.25, 0.3) is 0 Å². The minimum atomic E-state index is 0.154. The van der Waals surface area contributed by atoms with Gasteiger partial charge in [0.25, 0.3) is 5.91 Å². The number of benzene rings is 1. The molecule has 2 aromatic rings. The molecule has 2 aliphatic heterocycles. The van der Waals surface area contributed by atoms with Crippen molar-refractivity contribution in [1.29, 1.82) is 0 Å². The van der Waals surface area contributed by atoms with Gasteiger partial charge < -0.3 is 20.4 Å². The summed E-state index contributed by atoms with van der Waals surface area (Å²) in [5.41, 5.74) is 1.88. The van der Waals surface area contributed by atoms with Crippen LogP contribution in [-0.4, -0.2) is 56.0 Å². The number of guanidine groups is 1. The fourth-order valence-corrected chi connectivity index (χ4v) is 5.15. The summed E-state index contributed by atoms with van der Waals surface area (Å²) in [4.78, 5) is 21.6. The van der Waals surface area contributed by atoms with Crippen molar-refractivity contribution in [3.05, 3.63) is 52.9 Å². The van der Waals surface area contributed by atoms with Crippen LogP contribution in [0.4, 0.5) is 5.00 Å². The van der Waals surface area contributed by atoms with Crippen molar-refractivity contribution in [2.24, 2.45) is 4.99 Å². The molecule has 0 saturated carbocycles. The lowest BCUT2D eigenvalue weighted by molar-refractivity contribution is 0.0724. The van der Waals surface area contributed by atoms with Gasteiger partial charge in [-0.3, -0.25) is 9.79 Å². The van der Waals surface area contributed by atoms with Crippen LogP contribution in [0.5, 0.6) is 0 Å². The topological polar surface area (TPSA) is 60.0 Å². The highest BCUT2D eigenvalue weighted by Gasteiger charge is 2.21. The molecule has 6 nitrogen and oxygen atoms in total. The Morgan fingerprint density at radius 1 is 1.10 bits per heavy atom. The lowest BCUT2D eigenvalue weighted by Gasteiger charge is -2.33. The fraction of sp³-hybridized carbons (Fsp3) is 0.500. The maximum absolute atomic E-state index is 12.8. The van der Waals surface area contributed by atoms with Gasteiger partial charge in [0, 0.05) is 51.4 Å². The second kappa shape index (κ2) is 10.7. The summed E-state index contributed by atoms with van der Waals surface area (Å²) in [7, 11) is 1.81. The lowest BCUT2D eigenvalue weighted by Crippen LogP contribution is -2.48. The van der Waals surface area contributed by atoms with Gasteiger partial charge in [-0.05, 0) is 67.3 Å². The summed E-state index contributed by atoms with van der Waals surface area (Å²) in [5, 5.41) is 10.5. The first-order chi connectivity index (χ1) is 15.2. The molecule has 0 radical (unpaired) electrons. The molecule has 0 aliphatic carbocycles. The fourth-order valence-electron chi connectivity index (χ4n) is 4.36. The molecule has 0 unspecified atom stereocenters. The Kier molecular flexibility index (Phi) is 7.46. The first-order valence-corrected chi connectivity index (χ1v) is 12.2. The third kappa shape index (κ3) is 5.79. The number of piperidine rings is 2. The third-order valence-electron chi connectivity index (χ3n) is 6.15. The molecule has 166 valence electrons. The maximum atomic E-state index is 12.8. The van der Waals surface area contributed by atoms with Gasteiger partial charge in [0.1, 0.15) is 0 Å². The lowest BCUT2D eigenvalue weighted by atomic mass is 10.1. The average molecular weight is 440 g/mol. The van der Waals surface area contributed by atoms with Crippen LogP contribution in [0.2, 0.25) is 0 Å². The minimum Gasteiger partial charge on any atom is -0.363 e.